The lowest BCUT2D eigenvalue weighted by Crippen LogP contribution is -2.40. The zero-order valence-electron chi connectivity index (χ0n) is 15.5. The van der Waals surface area contributed by atoms with E-state index >= 15 is 0 Å². The van der Waals surface area contributed by atoms with Crippen LogP contribution in [-0.2, 0) is 14.3 Å². The molecule has 0 radical (unpaired) electrons. The summed E-state index contributed by atoms with van der Waals surface area (Å²) < 4.78 is 53.1. The van der Waals surface area contributed by atoms with Crippen molar-refractivity contribution in [1.29, 1.82) is 0 Å². The van der Waals surface area contributed by atoms with Crippen LogP contribution in [0.5, 0.6) is 11.5 Å². The van der Waals surface area contributed by atoms with Crippen molar-refractivity contribution in [1.82, 2.24) is 5.32 Å². The average Bonchev–Trinajstić information content (AvgIpc) is 2.59. The molecule has 0 spiro atoms. The van der Waals surface area contributed by atoms with Gasteiger partial charge in [0.05, 0.1) is 26.7 Å². The molecule has 0 aliphatic carbocycles. The second-order valence-electron chi connectivity index (χ2n) is 5.81. The summed E-state index contributed by atoms with van der Waals surface area (Å²) in [4.78, 5) is 23.3. The van der Waals surface area contributed by atoms with Gasteiger partial charge < -0.3 is 19.5 Å². The van der Waals surface area contributed by atoms with Gasteiger partial charge in [0.2, 0.25) is 0 Å². The summed E-state index contributed by atoms with van der Waals surface area (Å²) >= 11 is 0. The van der Waals surface area contributed by atoms with Crippen molar-refractivity contribution in [2.75, 3.05) is 20.8 Å². The van der Waals surface area contributed by atoms with Crippen LogP contribution < -0.4 is 14.8 Å². The Morgan fingerprint density at radius 2 is 1.78 bits per heavy atom. The summed E-state index contributed by atoms with van der Waals surface area (Å²) in [6.45, 7) is 3.61. The molecule has 9 heteroatoms. The SMILES string of the molecule is COc1ccc(C(CC(=O)OCC=C(C)C)NC(=O)C(F)(F)F)cc1OC. The van der Waals surface area contributed by atoms with E-state index in [1.807, 2.05) is 19.2 Å². The third-order valence-corrected chi connectivity index (χ3v) is 3.48. The van der Waals surface area contributed by atoms with Gasteiger partial charge >= 0.3 is 18.1 Å². The van der Waals surface area contributed by atoms with E-state index < -0.39 is 30.5 Å². The van der Waals surface area contributed by atoms with Crippen LogP contribution in [0.2, 0.25) is 0 Å². The second kappa shape index (κ2) is 9.84. The van der Waals surface area contributed by atoms with Crippen LogP contribution in [0.3, 0.4) is 0 Å². The Bertz CT molecular complexity index is 697. The van der Waals surface area contributed by atoms with Crippen LogP contribution in [0.15, 0.2) is 29.8 Å². The van der Waals surface area contributed by atoms with E-state index in [0.29, 0.717) is 5.75 Å². The Hall–Kier alpha value is -2.71. The summed E-state index contributed by atoms with van der Waals surface area (Å²) in [7, 11) is 2.76. The van der Waals surface area contributed by atoms with Gasteiger partial charge in [-0.05, 0) is 37.6 Å². The van der Waals surface area contributed by atoms with Gasteiger partial charge in [-0.25, -0.2) is 0 Å². The standard InChI is InChI=1S/C18H22F3NO5/c1-11(2)7-8-27-16(23)10-13(22-17(24)18(19,20)21)12-5-6-14(25-3)15(9-12)26-4/h5-7,9,13H,8,10H2,1-4H3,(H,22,24). The third-order valence-electron chi connectivity index (χ3n) is 3.48. The molecule has 0 saturated heterocycles. The van der Waals surface area contributed by atoms with Crippen LogP contribution in [0.4, 0.5) is 13.2 Å². The highest BCUT2D eigenvalue weighted by molar-refractivity contribution is 5.83. The molecule has 1 amide bonds. The summed E-state index contributed by atoms with van der Waals surface area (Å²) in [6.07, 6.45) is -3.91. The van der Waals surface area contributed by atoms with Gasteiger partial charge in [-0.3, -0.25) is 9.59 Å². The van der Waals surface area contributed by atoms with Gasteiger partial charge in [-0.1, -0.05) is 11.6 Å². The lowest BCUT2D eigenvalue weighted by atomic mass is 10.0. The fraction of sp³-hybridized carbons (Fsp3) is 0.444. The molecule has 0 aromatic heterocycles. The van der Waals surface area contributed by atoms with Gasteiger partial charge in [-0.15, -0.1) is 0 Å². The fourth-order valence-electron chi connectivity index (χ4n) is 2.09. The van der Waals surface area contributed by atoms with Gasteiger partial charge in [-0.2, -0.15) is 13.2 Å². The van der Waals surface area contributed by atoms with Crippen molar-refractivity contribution in [2.45, 2.75) is 32.5 Å². The first kappa shape index (κ1) is 22.3. The van der Waals surface area contributed by atoms with Crippen LogP contribution in [0.25, 0.3) is 0 Å². The quantitative estimate of drug-likeness (QED) is 0.545. The number of nitrogens with one attached hydrogen (secondary N) is 1. The third kappa shape index (κ3) is 7.20. The number of alkyl halides is 3. The summed E-state index contributed by atoms with van der Waals surface area (Å²) in [6, 6.07) is 3.04. The predicted molar refractivity (Wildman–Crippen MR) is 91.5 cm³/mol. The Morgan fingerprint density at radius 3 is 2.30 bits per heavy atom. The number of rotatable bonds is 8. The molecule has 0 fully saturated rings. The van der Waals surface area contributed by atoms with E-state index in [9.17, 15) is 22.8 Å². The number of methoxy groups -OCH3 is 2. The first-order valence-corrected chi connectivity index (χ1v) is 7.97. The van der Waals surface area contributed by atoms with Crippen molar-refractivity contribution in [2.24, 2.45) is 0 Å². The highest BCUT2D eigenvalue weighted by Crippen LogP contribution is 2.31. The molecule has 0 bridgehead atoms. The fourth-order valence-corrected chi connectivity index (χ4v) is 2.09. The number of carbonyl (C=O) groups excluding carboxylic acids is 2. The van der Waals surface area contributed by atoms with E-state index in [-0.39, 0.29) is 17.9 Å². The van der Waals surface area contributed by atoms with Crippen molar-refractivity contribution in [3.63, 3.8) is 0 Å². The zero-order chi connectivity index (χ0) is 20.6. The summed E-state index contributed by atoms with van der Waals surface area (Å²) in [5, 5.41) is 1.82. The minimum atomic E-state index is -5.08. The van der Waals surface area contributed by atoms with E-state index in [1.54, 1.807) is 6.08 Å². The number of allylic oxidation sites excluding steroid dienone is 1. The largest absolute Gasteiger partial charge is 0.493 e. The van der Waals surface area contributed by atoms with Crippen molar-refractivity contribution in [3.05, 3.63) is 35.4 Å². The molecule has 6 nitrogen and oxygen atoms in total. The maximum absolute atomic E-state index is 12.6. The van der Waals surface area contributed by atoms with Gasteiger partial charge in [0, 0.05) is 0 Å². The maximum atomic E-state index is 12.6. The highest BCUT2D eigenvalue weighted by atomic mass is 19.4. The lowest BCUT2D eigenvalue weighted by Gasteiger charge is -2.20. The Kier molecular flexibility index (Phi) is 8.14. The van der Waals surface area contributed by atoms with E-state index in [2.05, 4.69) is 0 Å². The maximum Gasteiger partial charge on any atom is 0.471 e. The van der Waals surface area contributed by atoms with Gasteiger partial charge in [0.1, 0.15) is 6.61 Å². The normalized spacial score (nSPS) is 12.0. The molecule has 1 unspecified atom stereocenters. The number of amides is 1. The molecule has 1 rings (SSSR count). The molecule has 1 aromatic carbocycles. The molecule has 1 aromatic rings. The number of hydrogen-bond donors (Lipinski definition) is 1. The van der Waals surface area contributed by atoms with Crippen molar-refractivity contribution in [3.8, 4) is 11.5 Å². The van der Waals surface area contributed by atoms with E-state index in [4.69, 9.17) is 14.2 Å². The molecule has 0 aliphatic rings. The van der Waals surface area contributed by atoms with E-state index in [0.717, 1.165) is 5.57 Å². The van der Waals surface area contributed by atoms with Crippen LogP contribution >= 0.6 is 0 Å². The molecule has 0 heterocycles. The average molecular weight is 389 g/mol. The molecule has 1 atom stereocenters. The molecule has 0 saturated carbocycles. The highest BCUT2D eigenvalue weighted by Gasteiger charge is 2.40. The number of hydrogen-bond acceptors (Lipinski definition) is 5. The van der Waals surface area contributed by atoms with Gasteiger partial charge in [0.25, 0.3) is 0 Å². The molecule has 150 valence electrons. The predicted octanol–water partition coefficient (Wildman–Crippen LogP) is 3.32. The van der Waals surface area contributed by atoms with Crippen LogP contribution in [0, 0.1) is 0 Å². The smallest absolute Gasteiger partial charge is 0.471 e. The molecule has 1 N–H and O–H groups in total. The zero-order valence-corrected chi connectivity index (χ0v) is 15.5. The van der Waals surface area contributed by atoms with Crippen molar-refractivity contribution >= 4 is 11.9 Å². The minimum Gasteiger partial charge on any atom is -0.493 e. The number of benzene rings is 1. The second-order valence-corrected chi connectivity index (χ2v) is 5.81. The summed E-state index contributed by atoms with van der Waals surface area (Å²) in [5.41, 5.74) is 1.16. The molecular weight excluding hydrogens is 367 g/mol. The Morgan fingerprint density at radius 1 is 1.15 bits per heavy atom. The first-order valence-electron chi connectivity index (χ1n) is 7.97. The van der Waals surface area contributed by atoms with Crippen LogP contribution in [-0.4, -0.2) is 38.9 Å². The topological polar surface area (TPSA) is 73.9 Å². The lowest BCUT2D eigenvalue weighted by molar-refractivity contribution is -0.174. The van der Waals surface area contributed by atoms with E-state index in [1.165, 1.54) is 32.4 Å². The number of carbonyl (C=O) groups is 2. The Labute approximate surface area is 155 Å². The van der Waals surface area contributed by atoms with Crippen LogP contribution in [0.1, 0.15) is 31.9 Å². The minimum absolute atomic E-state index is 0.00691. The Balaban J connectivity index is 3.05. The number of halogens is 3. The first-order chi connectivity index (χ1) is 12.6. The number of esters is 1. The van der Waals surface area contributed by atoms with Gasteiger partial charge in [0.15, 0.2) is 11.5 Å². The monoisotopic (exact) mass is 389 g/mol. The molecule has 0 aliphatic heterocycles. The van der Waals surface area contributed by atoms with Crippen molar-refractivity contribution < 1.29 is 37.0 Å². The summed E-state index contributed by atoms with van der Waals surface area (Å²) in [5.74, 6) is -2.30. The molecule has 27 heavy (non-hydrogen) atoms. The molecular formula is C18H22F3NO5. The number of ether oxygens (including phenoxy) is 3.